The van der Waals surface area contributed by atoms with Gasteiger partial charge in [0.15, 0.2) is 18.9 Å². The van der Waals surface area contributed by atoms with Crippen LogP contribution in [0.5, 0.6) is 0 Å². The van der Waals surface area contributed by atoms with Crippen LogP contribution in [0.15, 0.2) is 60.8 Å². The molecule has 0 aromatic heterocycles. The zero-order chi connectivity index (χ0) is 46.3. The van der Waals surface area contributed by atoms with Gasteiger partial charge in [-0.25, -0.2) is 0 Å². The van der Waals surface area contributed by atoms with Gasteiger partial charge >= 0.3 is 0 Å². The van der Waals surface area contributed by atoms with E-state index in [2.05, 4.69) is 60.8 Å². The average Bonchev–Trinajstić information content (AvgIpc) is 3.28. The van der Waals surface area contributed by atoms with Crippen LogP contribution in [0.1, 0.15) is 78.1 Å². The van der Waals surface area contributed by atoms with Crippen molar-refractivity contribution in [3.63, 3.8) is 0 Å². The van der Waals surface area contributed by atoms with Gasteiger partial charge in [-0.1, -0.05) is 81.0 Å². The van der Waals surface area contributed by atoms with Crippen molar-refractivity contribution in [2.45, 2.75) is 182 Å². The summed E-state index contributed by atoms with van der Waals surface area (Å²) in [5.41, 5.74) is 0. The summed E-state index contributed by atoms with van der Waals surface area (Å²) >= 11 is 0. The largest absolute Gasteiger partial charge is 0.394 e. The second kappa shape index (κ2) is 29.9. The van der Waals surface area contributed by atoms with Crippen LogP contribution in [0.25, 0.3) is 0 Å². The van der Waals surface area contributed by atoms with Gasteiger partial charge in [0.25, 0.3) is 0 Å². The van der Waals surface area contributed by atoms with Crippen LogP contribution in [0.4, 0.5) is 0 Å². The zero-order valence-corrected chi connectivity index (χ0v) is 36.3. The molecule has 3 saturated heterocycles. The Morgan fingerprint density at radius 3 is 1.62 bits per heavy atom. The molecular formula is C44H73NO18. The molecule has 0 saturated carbocycles. The number of aliphatic hydroxyl groups is 11. The molecule has 17 atom stereocenters. The number of nitrogens with one attached hydrogen (secondary N) is 1. The summed E-state index contributed by atoms with van der Waals surface area (Å²) in [6.45, 7) is 1.25. The molecule has 0 spiro atoms. The monoisotopic (exact) mass is 903 g/mol. The summed E-state index contributed by atoms with van der Waals surface area (Å²) in [7, 11) is 0. The molecule has 19 heteroatoms. The predicted octanol–water partition coefficient (Wildman–Crippen LogP) is -0.981. The summed E-state index contributed by atoms with van der Waals surface area (Å²) in [6, 6.07) is -0.990. The number of allylic oxidation sites excluding steroid dienone is 9. The molecule has 0 aliphatic carbocycles. The molecule has 3 fully saturated rings. The SMILES string of the molecule is CC/C=C\C/C=C\C/C=C\C/C=C\CCCCC(=O)NC(COC1OC(CO)C(OC2OC(CO)C(OC3OC(CO)C(O)C(O)C3O)C(O)C2O)C(O)C1O)C(O)/C=C/CCC. The van der Waals surface area contributed by atoms with Gasteiger partial charge in [0.1, 0.15) is 73.2 Å². The Morgan fingerprint density at radius 2 is 1.08 bits per heavy atom. The maximum Gasteiger partial charge on any atom is 0.220 e. The average molecular weight is 904 g/mol. The van der Waals surface area contributed by atoms with E-state index in [-0.39, 0.29) is 18.9 Å². The smallest absolute Gasteiger partial charge is 0.220 e. The van der Waals surface area contributed by atoms with E-state index in [1.165, 1.54) is 6.08 Å². The Hall–Kier alpha value is -2.51. The van der Waals surface area contributed by atoms with Crippen molar-refractivity contribution in [2.24, 2.45) is 0 Å². The summed E-state index contributed by atoms with van der Waals surface area (Å²) < 4.78 is 33.7. The van der Waals surface area contributed by atoms with E-state index < -0.39 is 124 Å². The molecule has 1 amide bonds. The van der Waals surface area contributed by atoms with Crippen LogP contribution in [0.2, 0.25) is 0 Å². The third-order valence-electron chi connectivity index (χ3n) is 10.8. The minimum Gasteiger partial charge on any atom is -0.394 e. The van der Waals surface area contributed by atoms with Gasteiger partial charge < -0.3 is 89.9 Å². The second-order valence-corrected chi connectivity index (χ2v) is 15.8. The fourth-order valence-corrected chi connectivity index (χ4v) is 7.07. The molecule has 3 heterocycles. The Labute approximate surface area is 369 Å². The molecule has 63 heavy (non-hydrogen) atoms. The van der Waals surface area contributed by atoms with E-state index in [0.717, 1.165) is 44.9 Å². The number of aliphatic hydroxyl groups excluding tert-OH is 11. The highest BCUT2D eigenvalue weighted by Gasteiger charge is 2.53. The first-order valence-electron chi connectivity index (χ1n) is 22.0. The van der Waals surface area contributed by atoms with E-state index in [4.69, 9.17) is 28.4 Å². The number of carbonyl (C=O) groups excluding carboxylic acids is 1. The van der Waals surface area contributed by atoms with E-state index in [1.54, 1.807) is 6.08 Å². The number of carbonyl (C=O) groups is 1. The molecule has 3 aliphatic rings. The molecule has 0 bridgehead atoms. The molecule has 3 rings (SSSR count). The van der Waals surface area contributed by atoms with Crippen molar-refractivity contribution in [1.82, 2.24) is 5.32 Å². The summed E-state index contributed by atoms with van der Waals surface area (Å²) in [5.74, 6) is -0.334. The van der Waals surface area contributed by atoms with Gasteiger partial charge in [0.2, 0.25) is 5.91 Å². The van der Waals surface area contributed by atoms with E-state index in [1.807, 2.05) is 6.92 Å². The lowest BCUT2D eigenvalue weighted by Crippen LogP contribution is -2.66. The molecule has 362 valence electrons. The summed E-state index contributed by atoms with van der Waals surface area (Å²) in [6.07, 6.45) is 0.862. The highest BCUT2D eigenvalue weighted by Crippen LogP contribution is 2.32. The topological polar surface area (TPSA) is 307 Å². The lowest BCUT2D eigenvalue weighted by molar-refractivity contribution is -0.379. The maximum absolute atomic E-state index is 13.0. The Morgan fingerprint density at radius 1 is 0.587 bits per heavy atom. The van der Waals surface area contributed by atoms with Gasteiger partial charge in [-0.2, -0.15) is 0 Å². The molecular weight excluding hydrogens is 830 g/mol. The lowest BCUT2D eigenvalue weighted by Gasteiger charge is -2.48. The van der Waals surface area contributed by atoms with E-state index >= 15 is 0 Å². The molecule has 17 unspecified atom stereocenters. The summed E-state index contributed by atoms with van der Waals surface area (Å²) in [4.78, 5) is 13.0. The fourth-order valence-electron chi connectivity index (χ4n) is 7.07. The molecule has 19 nitrogen and oxygen atoms in total. The number of hydrogen-bond donors (Lipinski definition) is 12. The number of rotatable bonds is 27. The molecule has 0 aromatic carbocycles. The molecule has 0 aromatic rings. The predicted molar refractivity (Wildman–Crippen MR) is 226 cm³/mol. The number of unbranched alkanes of at least 4 members (excludes halogenated alkanes) is 3. The van der Waals surface area contributed by atoms with Gasteiger partial charge in [-0.15, -0.1) is 0 Å². The quantitative estimate of drug-likeness (QED) is 0.0348. The summed E-state index contributed by atoms with van der Waals surface area (Å²) in [5, 5.41) is 118. The first-order chi connectivity index (χ1) is 30.3. The normalized spacial score (nSPS) is 35.4. The van der Waals surface area contributed by atoms with E-state index in [9.17, 15) is 61.0 Å². The first kappa shape index (κ1) is 54.8. The Bertz CT molecular complexity index is 1410. The van der Waals surface area contributed by atoms with E-state index in [0.29, 0.717) is 12.8 Å². The molecule has 12 N–H and O–H groups in total. The van der Waals surface area contributed by atoms with Gasteiger partial charge in [0, 0.05) is 6.42 Å². The van der Waals surface area contributed by atoms with Crippen LogP contribution in [-0.4, -0.2) is 193 Å². The highest BCUT2D eigenvalue weighted by molar-refractivity contribution is 5.76. The maximum atomic E-state index is 13.0. The first-order valence-corrected chi connectivity index (χ1v) is 22.0. The number of amides is 1. The highest BCUT2D eigenvalue weighted by atomic mass is 16.8. The van der Waals surface area contributed by atoms with Crippen molar-refractivity contribution >= 4 is 5.91 Å². The fraction of sp³-hybridized carbons (Fsp3) is 0.750. The number of hydrogen-bond acceptors (Lipinski definition) is 18. The third-order valence-corrected chi connectivity index (χ3v) is 10.8. The lowest BCUT2D eigenvalue weighted by atomic mass is 9.96. The molecule has 0 radical (unpaired) electrons. The van der Waals surface area contributed by atoms with Crippen molar-refractivity contribution in [2.75, 3.05) is 26.4 Å². The molecule has 3 aliphatic heterocycles. The van der Waals surface area contributed by atoms with Crippen molar-refractivity contribution in [3.05, 3.63) is 60.8 Å². The number of ether oxygens (including phenoxy) is 6. The van der Waals surface area contributed by atoms with Crippen LogP contribution in [0.3, 0.4) is 0 Å². The van der Waals surface area contributed by atoms with Crippen LogP contribution in [-0.2, 0) is 33.2 Å². The van der Waals surface area contributed by atoms with Gasteiger partial charge in [-0.05, 0) is 51.4 Å². The zero-order valence-electron chi connectivity index (χ0n) is 36.3. The minimum atomic E-state index is -1.98. The van der Waals surface area contributed by atoms with Crippen LogP contribution in [0, 0.1) is 0 Å². The van der Waals surface area contributed by atoms with Crippen molar-refractivity contribution in [1.29, 1.82) is 0 Å². The minimum absolute atomic E-state index is 0.184. The van der Waals surface area contributed by atoms with Crippen molar-refractivity contribution in [3.8, 4) is 0 Å². The standard InChI is InChI=1S/C44H73NO18/c1-3-5-7-8-9-10-11-12-13-14-15-16-17-18-20-22-32(50)45-27(28(49)21-19-6-4-2)26-58-42-38(56)35(53)40(30(24-47)60-42)63-44-39(57)36(54)41(31(25-48)61-44)62-43-37(55)34(52)33(51)29(23-46)59-43/h5,7,9-10,12-13,15-16,19,21,27-31,33-44,46-49,51-57H,3-4,6,8,11,14,17-18,20,22-26H2,1-2H3,(H,45,50)/b7-5-,10-9-,13-12-,16-15-,21-19+. The second-order valence-electron chi connectivity index (χ2n) is 15.8. The van der Waals surface area contributed by atoms with Crippen LogP contribution < -0.4 is 5.32 Å². The Balaban J connectivity index is 1.54. The third kappa shape index (κ3) is 17.3. The van der Waals surface area contributed by atoms with Crippen molar-refractivity contribution < 1.29 is 89.4 Å². The van der Waals surface area contributed by atoms with Crippen LogP contribution >= 0.6 is 0 Å². The Kier molecular flexibility index (Phi) is 26.0. The van der Waals surface area contributed by atoms with Gasteiger partial charge in [0.05, 0.1) is 38.6 Å². The van der Waals surface area contributed by atoms with Gasteiger partial charge in [-0.3, -0.25) is 4.79 Å².